The molecule has 0 aromatic carbocycles. The first-order chi connectivity index (χ1) is 7.84. The van der Waals surface area contributed by atoms with Crippen molar-refractivity contribution in [2.24, 2.45) is 0 Å². The molecular formula is C8H5F3N2O4. The van der Waals surface area contributed by atoms with Gasteiger partial charge in [0.05, 0.1) is 22.6 Å². The summed E-state index contributed by atoms with van der Waals surface area (Å²) in [6.45, 7) is 0. The number of rotatable bonds is 4. The molecule has 92 valence electrons. The van der Waals surface area contributed by atoms with Crippen molar-refractivity contribution >= 4 is 11.7 Å². The van der Waals surface area contributed by atoms with E-state index in [0.717, 1.165) is 0 Å². The minimum Gasteiger partial charge on any atom is -0.481 e. The van der Waals surface area contributed by atoms with Gasteiger partial charge in [-0.1, -0.05) is 0 Å². The van der Waals surface area contributed by atoms with Crippen molar-refractivity contribution in [3.05, 3.63) is 33.4 Å². The third-order valence-corrected chi connectivity index (χ3v) is 1.85. The quantitative estimate of drug-likeness (QED) is 0.648. The Morgan fingerprint density at radius 1 is 1.59 bits per heavy atom. The molecule has 1 rings (SSSR count). The molecule has 0 saturated carbocycles. The molecule has 0 amide bonds. The summed E-state index contributed by atoms with van der Waals surface area (Å²) in [5.74, 6) is -3.25. The van der Waals surface area contributed by atoms with E-state index >= 15 is 0 Å². The summed E-state index contributed by atoms with van der Waals surface area (Å²) in [6, 6.07) is 0. The number of hydrogen-bond donors (Lipinski definition) is 1. The van der Waals surface area contributed by atoms with Gasteiger partial charge < -0.3 is 5.11 Å². The predicted molar refractivity (Wildman–Crippen MR) is 47.1 cm³/mol. The van der Waals surface area contributed by atoms with Crippen LogP contribution in [0.1, 0.15) is 17.7 Å². The Labute approximate surface area is 91.9 Å². The van der Waals surface area contributed by atoms with Gasteiger partial charge in [0.15, 0.2) is 0 Å². The van der Waals surface area contributed by atoms with E-state index in [0.29, 0.717) is 6.20 Å². The average Bonchev–Trinajstić information content (AvgIpc) is 2.15. The zero-order valence-corrected chi connectivity index (χ0v) is 8.06. The third kappa shape index (κ3) is 2.68. The van der Waals surface area contributed by atoms with Crippen molar-refractivity contribution in [3.63, 3.8) is 0 Å². The smallest absolute Gasteiger partial charge is 0.323 e. The van der Waals surface area contributed by atoms with Crippen LogP contribution < -0.4 is 0 Å². The fraction of sp³-hybridized carbons (Fsp3) is 0.250. The molecule has 1 aromatic heterocycles. The van der Waals surface area contributed by atoms with Gasteiger partial charge >= 0.3 is 11.7 Å². The number of nitrogens with zero attached hydrogens (tertiary/aromatic N) is 2. The Kier molecular flexibility index (Phi) is 3.61. The highest BCUT2D eigenvalue weighted by atomic mass is 19.3. The van der Waals surface area contributed by atoms with Gasteiger partial charge in [-0.25, -0.2) is 8.78 Å². The van der Waals surface area contributed by atoms with Crippen LogP contribution in [0.25, 0.3) is 0 Å². The zero-order chi connectivity index (χ0) is 13.2. The van der Waals surface area contributed by atoms with Crippen LogP contribution in [0.2, 0.25) is 0 Å². The number of halogens is 3. The maximum atomic E-state index is 13.3. The van der Waals surface area contributed by atoms with Crippen LogP contribution in [0.4, 0.5) is 18.9 Å². The number of pyridine rings is 1. The van der Waals surface area contributed by atoms with E-state index in [-0.39, 0.29) is 0 Å². The lowest BCUT2D eigenvalue weighted by molar-refractivity contribution is -0.388. The molecule has 6 nitrogen and oxygen atoms in total. The van der Waals surface area contributed by atoms with Gasteiger partial charge in [0.2, 0.25) is 5.82 Å². The molecule has 0 aliphatic rings. The van der Waals surface area contributed by atoms with Gasteiger partial charge in [0, 0.05) is 0 Å². The molecule has 17 heavy (non-hydrogen) atoms. The topological polar surface area (TPSA) is 93.3 Å². The van der Waals surface area contributed by atoms with Crippen LogP contribution in [-0.4, -0.2) is 21.0 Å². The van der Waals surface area contributed by atoms with Crippen molar-refractivity contribution in [2.45, 2.75) is 12.8 Å². The highest BCUT2D eigenvalue weighted by molar-refractivity contribution is 5.70. The highest BCUT2D eigenvalue weighted by Crippen LogP contribution is 2.30. The molecule has 0 fully saturated rings. The second kappa shape index (κ2) is 4.76. The number of nitro groups is 1. The van der Waals surface area contributed by atoms with Crippen molar-refractivity contribution in [1.29, 1.82) is 0 Å². The molecule has 0 unspecified atom stereocenters. The van der Waals surface area contributed by atoms with Crippen LogP contribution in [-0.2, 0) is 11.2 Å². The number of aliphatic carboxylic acids is 1. The van der Waals surface area contributed by atoms with Crippen LogP contribution in [0.15, 0.2) is 6.20 Å². The van der Waals surface area contributed by atoms with Crippen molar-refractivity contribution in [2.75, 3.05) is 0 Å². The molecule has 1 heterocycles. The molecule has 0 bridgehead atoms. The van der Waals surface area contributed by atoms with E-state index in [9.17, 15) is 28.1 Å². The lowest BCUT2D eigenvalue weighted by Crippen LogP contribution is -2.10. The number of carboxylic acid groups (broad SMARTS) is 1. The summed E-state index contributed by atoms with van der Waals surface area (Å²) in [6.07, 6.45) is -3.90. The van der Waals surface area contributed by atoms with E-state index in [2.05, 4.69) is 4.98 Å². The summed E-state index contributed by atoms with van der Waals surface area (Å²) >= 11 is 0. The van der Waals surface area contributed by atoms with Crippen LogP contribution in [0, 0.1) is 15.9 Å². The van der Waals surface area contributed by atoms with Gasteiger partial charge in [-0.2, -0.15) is 4.39 Å². The lowest BCUT2D eigenvalue weighted by atomic mass is 10.1. The van der Waals surface area contributed by atoms with E-state index in [1.165, 1.54) is 0 Å². The summed E-state index contributed by atoms with van der Waals surface area (Å²) in [5, 5.41) is 18.7. The van der Waals surface area contributed by atoms with E-state index in [1.54, 1.807) is 0 Å². The zero-order valence-electron chi connectivity index (χ0n) is 8.06. The molecule has 0 radical (unpaired) electrons. The SMILES string of the molecule is O=C(O)Cc1ncc([N+](=O)[O-])c(F)c1C(F)F. The maximum absolute atomic E-state index is 13.3. The van der Waals surface area contributed by atoms with Gasteiger partial charge in [-0.15, -0.1) is 0 Å². The number of alkyl halides is 2. The fourth-order valence-corrected chi connectivity index (χ4v) is 1.16. The second-order valence-electron chi connectivity index (χ2n) is 2.95. The number of hydrogen-bond acceptors (Lipinski definition) is 4. The lowest BCUT2D eigenvalue weighted by Gasteiger charge is -2.07. The normalized spacial score (nSPS) is 10.6. The van der Waals surface area contributed by atoms with Crippen LogP contribution in [0.3, 0.4) is 0 Å². The van der Waals surface area contributed by atoms with E-state index < -0.39 is 46.5 Å². The van der Waals surface area contributed by atoms with Crippen LogP contribution >= 0.6 is 0 Å². The number of aromatic nitrogens is 1. The summed E-state index contributed by atoms with van der Waals surface area (Å²) in [5.41, 5.74) is -3.29. The molecule has 0 atom stereocenters. The molecule has 0 saturated heterocycles. The third-order valence-electron chi connectivity index (χ3n) is 1.85. The standard InChI is InChI=1S/C8H5F3N2O4/c9-7-4(13(16)17)2-12-3(1-5(14)15)6(7)8(10)11/h2,8H,1H2,(H,14,15). The first-order valence-electron chi connectivity index (χ1n) is 4.16. The number of carboxylic acids is 1. The van der Waals surface area contributed by atoms with E-state index in [4.69, 9.17) is 5.11 Å². The maximum Gasteiger partial charge on any atom is 0.323 e. The van der Waals surface area contributed by atoms with Gasteiger partial charge in [-0.05, 0) is 0 Å². The average molecular weight is 250 g/mol. The van der Waals surface area contributed by atoms with Crippen LogP contribution in [0.5, 0.6) is 0 Å². The van der Waals surface area contributed by atoms with Crippen molar-refractivity contribution in [1.82, 2.24) is 4.98 Å². The van der Waals surface area contributed by atoms with Gasteiger partial charge in [0.25, 0.3) is 6.43 Å². The largest absolute Gasteiger partial charge is 0.481 e. The Bertz CT molecular complexity index is 478. The van der Waals surface area contributed by atoms with Crippen molar-refractivity contribution < 1.29 is 28.0 Å². The molecule has 1 N–H and O–H groups in total. The summed E-state index contributed by atoms with van der Waals surface area (Å²) in [4.78, 5) is 22.6. The summed E-state index contributed by atoms with van der Waals surface area (Å²) < 4.78 is 38.3. The second-order valence-corrected chi connectivity index (χ2v) is 2.95. The van der Waals surface area contributed by atoms with Gasteiger partial charge in [0.1, 0.15) is 6.20 Å². The fourth-order valence-electron chi connectivity index (χ4n) is 1.16. The molecular weight excluding hydrogens is 245 g/mol. The minimum absolute atomic E-state index is 0.416. The first kappa shape index (κ1) is 12.9. The molecule has 0 spiro atoms. The first-order valence-corrected chi connectivity index (χ1v) is 4.16. The number of carbonyl (C=O) groups is 1. The Balaban J connectivity index is 3.39. The van der Waals surface area contributed by atoms with Gasteiger partial charge in [-0.3, -0.25) is 19.9 Å². The molecule has 1 aromatic rings. The van der Waals surface area contributed by atoms with Crippen molar-refractivity contribution in [3.8, 4) is 0 Å². The minimum atomic E-state index is -3.38. The molecule has 9 heteroatoms. The monoisotopic (exact) mass is 250 g/mol. The Morgan fingerprint density at radius 3 is 2.59 bits per heavy atom. The van der Waals surface area contributed by atoms with E-state index in [1.807, 2.05) is 0 Å². The predicted octanol–water partition coefficient (Wildman–Crippen LogP) is 1.69. The molecule has 0 aliphatic carbocycles. The summed E-state index contributed by atoms with van der Waals surface area (Å²) in [7, 11) is 0. The Hall–Kier alpha value is -2.19. The Morgan fingerprint density at radius 2 is 2.18 bits per heavy atom. The molecule has 0 aliphatic heterocycles. The highest BCUT2D eigenvalue weighted by Gasteiger charge is 2.28.